The van der Waals surface area contributed by atoms with Crippen LogP contribution in [0.1, 0.15) is 30.9 Å². The van der Waals surface area contributed by atoms with Gasteiger partial charge in [-0.25, -0.2) is 0 Å². The summed E-state index contributed by atoms with van der Waals surface area (Å²) in [5, 5.41) is 12.9. The summed E-state index contributed by atoms with van der Waals surface area (Å²) in [6, 6.07) is 4.86. The number of carboxylic acids is 1. The average molecular weight is 391 g/mol. The van der Waals surface area contributed by atoms with Crippen LogP contribution in [-0.2, 0) is 9.59 Å². The van der Waals surface area contributed by atoms with E-state index >= 15 is 0 Å². The first-order valence-electron chi connectivity index (χ1n) is 9.73. The summed E-state index contributed by atoms with van der Waals surface area (Å²) in [4.78, 5) is 28.1. The molecule has 0 bridgehead atoms. The number of ether oxygens (including phenoxy) is 2. The largest absolute Gasteiger partial charge is 0.497 e. The summed E-state index contributed by atoms with van der Waals surface area (Å²) in [5.41, 5.74) is 0.609. The summed E-state index contributed by atoms with van der Waals surface area (Å²) in [5.74, 6) is 0.372. The van der Waals surface area contributed by atoms with Crippen LogP contribution in [0.25, 0.3) is 0 Å². The topological polar surface area (TPSA) is 91.3 Å². The Kier molecular flexibility index (Phi) is 6.74. The number of aliphatic carboxylic acids is 1. The van der Waals surface area contributed by atoms with Gasteiger partial charge in [-0.05, 0) is 31.0 Å². The Bertz CT molecular complexity index is 703. The fourth-order valence-electron chi connectivity index (χ4n) is 4.20. The van der Waals surface area contributed by atoms with Gasteiger partial charge in [0.2, 0.25) is 5.91 Å². The molecule has 2 saturated heterocycles. The van der Waals surface area contributed by atoms with Crippen molar-refractivity contribution in [1.82, 2.24) is 15.1 Å². The molecule has 1 atom stereocenters. The predicted octanol–water partition coefficient (Wildman–Crippen LogP) is 1.12. The highest BCUT2D eigenvalue weighted by molar-refractivity contribution is 5.77. The van der Waals surface area contributed by atoms with E-state index in [1.165, 1.54) is 0 Å². The van der Waals surface area contributed by atoms with Crippen molar-refractivity contribution in [2.45, 2.75) is 31.3 Å². The van der Waals surface area contributed by atoms with Gasteiger partial charge in [0.15, 0.2) is 0 Å². The SMILES string of the molecule is COc1ccc(OC)c(C(C(=O)O)N2CCC(N3CCNC(=O)CC3)CC2)c1. The molecule has 0 saturated carbocycles. The van der Waals surface area contributed by atoms with E-state index in [2.05, 4.69) is 10.2 Å². The minimum atomic E-state index is -0.894. The van der Waals surface area contributed by atoms with Crippen LogP contribution in [0.2, 0.25) is 0 Å². The van der Waals surface area contributed by atoms with E-state index in [1.807, 2.05) is 4.90 Å². The number of nitrogens with one attached hydrogen (secondary N) is 1. The summed E-state index contributed by atoms with van der Waals surface area (Å²) in [6.07, 6.45) is 2.29. The molecule has 1 unspecified atom stereocenters. The quantitative estimate of drug-likeness (QED) is 0.751. The Morgan fingerprint density at radius 1 is 1.18 bits per heavy atom. The second-order valence-corrected chi connectivity index (χ2v) is 7.25. The lowest BCUT2D eigenvalue weighted by Crippen LogP contribution is -2.48. The van der Waals surface area contributed by atoms with Crippen molar-refractivity contribution >= 4 is 11.9 Å². The normalized spacial score (nSPS) is 20.9. The minimum Gasteiger partial charge on any atom is -0.497 e. The zero-order chi connectivity index (χ0) is 20.1. The highest BCUT2D eigenvalue weighted by Crippen LogP contribution is 2.35. The van der Waals surface area contributed by atoms with Crippen molar-refractivity contribution < 1.29 is 24.2 Å². The highest BCUT2D eigenvalue weighted by atomic mass is 16.5. The van der Waals surface area contributed by atoms with Crippen molar-refractivity contribution in [1.29, 1.82) is 0 Å². The number of nitrogens with zero attached hydrogens (tertiary/aromatic N) is 2. The van der Waals surface area contributed by atoms with Crippen LogP contribution < -0.4 is 14.8 Å². The fourth-order valence-corrected chi connectivity index (χ4v) is 4.20. The number of carbonyl (C=O) groups excluding carboxylic acids is 1. The van der Waals surface area contributed by atoms with Crippen molar-refractivity contribution in [3.05, 3.63) is 23.8 Å². The Hall–Kier alpha value is -2.32. The van der Waals surface area contributed by atoms with E-state index < -0.39 is 12.0 Å². The molecule has 1 amide bonds. The van der Waals surface area contributed by atoms with Gasteiger partial charge in [0.05, 0.1) is 14.2 Å². The molecule has 8 heteroatoms. The molecule has 2 N–H and O–H groups in total. The van der Waals surface area contributed by atoms with Crippen LogP contribution in [0, 0.1) is 0 Å². The van der Waals surface area contributed by atoms with E-state index in [1.54, 1.807) is 32.4 Å². The number of piperidine rings is 1. The van der Waals surface area contributed by atoms with Crippen LogP contribution in [0.3, 0.4) is 0 Å². The molecule has 3 rings (SSSR count). The van der Waals surface area contributed by atoms with Crippen LogP contribution in [-0.4, -0.2) is 79.8 Å². The van der Waals surface area contributed by atoms with Gasteiger partial charge in [0.1, 0.15) is 17.5 Å². The third-order valence-corrected chi connectivity index (χ3v) is 5.69. The molecule has 154 valence electrons. The van der Waals surface area contributed by atoms with Gasteiger partial charge in [0, 0.05) is 50.7 Å². The Morgan fingerprint density at radius 3 is 2.57 bits per heavy atom. The molecule has 0 aliphatic carbocycles. The van der Waals surface area contributed by atoms with Gasteiger partial charge in [-0.15, -0.1) is 0 Å². The van der Waals surface area contributed by atoms with Gasteiger partial charge < -0.3 is 19.9 Å². The number of benzene rings is 1. The summed E-state index contributed by atoms with van der Waals surface area (Å²) >= 11 is 0. The smallest absolute Gasteiger partial charge is 0.325 e. The number of rotatable bonds is 6. The molecule has 0 aromatic heterocycles. The highest BCUT2D eigenvalue weighted by Gasteiger charge is 2.35. The van der Waals surface area contributed by atoms with Gasteiger partial charge in [0.25, 0.3) is 0 Å². The lowest BCUT2D eigenvalue weighted by Gasteiger charge is -2.40. The maximum Gasteiger partial charge on any atom is 0.325 e. The van der Waals surface area contributed by atoms with Crippen molar-refractivity contribution in [3.63, 3.8) is 0 Å². The third-order valence-electron chi connectivity index (χ3n) is 5.69. The number of hydrogen-bond acceptors (Lipinski definition) is 6. The lowest BCUT2D eigenvalue weighted by molar-refractivity contribution is -0.144. The van der Waals surface area contributed by atoms with Crippen molar-refractivity contribution in [2.75, 3.05) is 46.9 Å². The molecule has 1 aromatic carbocycles. The first-order chi connectivity index (χ1) is 13.5. The first-order valence-corrected chi connectivity index (χ1v) is 9.73. The number of likely N-dealkylation sites (tertiary alicyclic amines) is 1. The lowest BCUT2D eigenvalue weighted by atomic mass is 9.97. The van der Waals surface area contributed by atoms with Gasteiger partial charge in [-0.1, -0.05) is 0 Å². The van der Waals surface area contributed by atoms with Gasteiger partial charge >= 0.3 is 5.97 Å². The maximum absolute atomic E-state index is 12.1. The monoisotopic (exact) mass is 391 g/mol. The molecule has 0 radical (unpaired) electrons. The molecular formula is C20H29N3O5. The zero-order valence-electron chi connectivity index (χ0n) is 16.5. The number of hydrogen-bond donors (Lipinski definition) is 2. The molecule has 28 heavy (non-hydrogen) atoms. The van der Waals surface area contributed by atoms with Gasteiger partial charge in [-0.2, -0.15) is 0 Å². The minimum absolute atomic E-state index is 0.107. The predicted molar refractivity (Wildman–Crippen MR) is 104 cm³/mol. The van der Waals surface area contributed by atoms with Crippen LogP contribution >= 0.6 is 0 Å². The Morgan fingerprint density at radius 2 is 1.93 bits per heavy atom. The molecular weight excluding hydrogens is 362 g/mol. The maximum atomic E-state index is 12.1. The third kappa shape index (κ3) is 4.56. The standard InChI is InChI=1S/C20H29N3O5/c1-27-15-3-4-17(28-2)16(13-15)19(20(25)26)23-9-5-14(6-10-23)22-11-7-18(24)21-8-12-22/h3-4,13-14,19H,5-12H2,1-2H3,(H,21,24)(H,25,26). The second kappa shape index (κ2) is 9.25. The Balaban J connectivity index is 1.72. The zero-order valence-corrected chi connectivity index (χ0v) is 16.5. The molecule has 2 aliphatic rings. The summed E-state index contributed by atoms with van der Waals surface area (Å²) in [7, 11) is 3.11. The second-order valence-electron chi connectivity index (χ2n) is 7.25. The van der Waals surface area contributed by atoms with E-state index in [-0.39, 0.29) is 5.91 Å². The first kappa shape index (κ1) is 20.4. The molecule has 1 aromatic rings. The fraction of sp³-hybridized carbons (Fsp3) is 0.600. The molecule has 2 aliphatic heterocycles. The van der Waals surface area contributed by atoms with E-state index in [0.717, 1.165) is 25.9 Å². The van der Waals surface area contributed by atoms with Gasteiger partial charge in [-0.3, -0.25) is 19.4 Å². The van der Waals surface area contributed by atoms with E-state index in [4.69, 9.17) is 9.47 Å². The van der Waals surface area contributed by atoms with Crippen molar-refractivity contribution in [2.24, 2.45) is 0 Å². The van der Waals surface area contributed by atoms with E-state index in [9.17, 15) is 14.7 Å². The van der Waals surface area contributed by atoms with E-state index in [0.29, 0.717) is 49.2 Å². The number of methoxy groups -OCH3 is 2. The molecule has 2 fully saturated rings. The van der Waals surface area contributed by atoms with Crippen molar-refractivity contribution in [3.8, 4) is 11.5 Å². The average Bonchev–Trinajstić information content (AvgIpc) is 2.93. The summed E-state index contributed by atoms with van der Waals surface area (Å²) in [6.45, 7) is 3.66. The number of carbonyl (C=O) groups is 2. The Labute approximate surface area is 165 Å². The molecule has 0 spiro atoms. The molecule has 8 nitrogen and oxygen atoms in total. The van der Waals surface area contributed by atoms with Crippen LogP contribution in [0.15, 0.2) is 18.2 Å². The van der Waals surface area contributed by atoms with Crippen LogP contribution in [0.4, 0.5) is 0 Å². The molecule has 2 heterocycles. The number of carboxylic acid groups (broad SMARTS) is 1. The number of amides is 1. The summed E-state index contributed by atoms with van der Waals surface area (Å²) < 4.78 is 10.7. The van der Waals surface area contributed by atoms with Crippen LogP contribution in [0.5, 0.6) is 11.5 Å².